The molecular weight excluding hydrogens is 362 g/mol. The van der Waals surface area contributed by atoms with E-state index in [1.165, 1.54) is 43.0 Å². The first-order valence-electron chi connectivity index (χ1n) is 9.44. The second kappa shape index (κ2) is 8.72. The molecule has 1 aliphatic carbocycles. The molecule has 2 N–H and O–H groups in total. The molecule has 5 nitrogen and oxygen atoms in total. The Bertz CT molecular complexity index is 791. The van der Waals surface area contributed by atoms with Gasteiger partial charge in [-0.25, -0.2) is 4.98 Å². The second-order valence-corrected chi connectivity index (χ2v) is 7.21. The Morgan fingerprint density at radius 3 is 2.70 bits per heavy atom. The molecule has 1 saturated carbocycles. The quantitative estimate of drug-likeness (QED) is 0.836. The van der Waals surface area contributed by atoms with Crippen LogP contribution in [-0.4, -0.2) is 24.0 Å². The monoisotopic (exact) mass is 387 g/mol. The number of hydrogen-bond acceptors (Lipinski definition) is 4. The molecule has 1 fully saturated rings. The number of hydrogen-bond donors (Lipinski definition) is 2. The fourth-order valence-electron chi connectivity index (χ4n) is 3.81. The number of amides is 1. The molecule has 6 heteroatoms. The molecule has 0 spiro atoms. The maximum Gasteiger partial charge on any atom is 0.252 e. The number of rotatable bonds is 4. The van der Waals surface area contributed by atoms with Crippen LogP contribution in [0.2, 0.25) is 0 Å². The lowest BCUT2D eigenvalue weighted by molar-refractivity contribution is 0.0962. The smallest absolute Gasteiger partial charge is 0.252 e. The fourth-order valence-corrected chi connectivity index (χ4v) is 3.81. The van der Waals surface area contributed by atoms with E-state index in [1.54, 1.807) is 19.2 Å². The molecule has 1 aromatic carbocycles. The molecule has 1 unspecified atom stereocenters. The average molecular weight is 388 g/mol. The largest absolute Gasteiger partial charge is 0.439 e. The van der Waals surface area contributed by atoms with Crippen LogP contribution in [-0.2, 0) is 13.0 Å². The Kier molecular flexibility index (Phi) is 6.34. The van der Waals surface area contributed by atoms with Crippen LogP contribution < -0.4 is 15.4 Å². The van der Waals surface area contributed by atoms with Gasteiger partial charge >= 0.3 is 0 Å². The van der Waals surface area contributed by atoms with Crippen LogP contribution in [0.5, 0.6) is 11.6 Å². The molecule has 1 aromatic heterocycles. The predicted molar refractivity (Wildman–Crippen MR) is 108 cm³/mol. The van der Waals surface area contributed by atoms with Crippen LogP contribution in [0, 0.1) is 5.92 Å². The van der Waals surface area contributed by atoms with Gasteiger partial charge in [0.1, 0.15) is 5.75 Å². The standard InChI is InChI=1S/C21H25N3O2.ClH/c1-22-21(25)17-7-10-20(24-13-17)26-18-8-5-16-12-23-19(14-3-2-4-14)9-6-15(16)11-18;/h5,7-8,10-11,13-14,19,23H,2-4,6,9,12H2,1H3,(H,22,25);1H. The van der Waals surface area contributed by atoms with E-state index < -0.39 is 0 Å². The lowest BCUT2D eigenvalue weighted by atomic mass is 9.78. The highest BCUT2D eigenvalue weighted by Crippen LogP contribution is 2.34. The molecule has 27 heavy (non-hydrogen) atoms. The van der Waals surface area contributed by atoms with Crippen LogP contribution in [0.25, 0.3) is 0 Å². The lowest BCUT2D eigenvalue weighted by Gasteiger charge is -2.33. The summed E-state index contributed by atoms with van der Waals surface area (Å²) in [4.78, 5) is 15.8. The third-order valence-corrected chi connectivity index (χ3v) is 5.62. The Labute approximate surface area is 166 Å². The number of benzene rings is 1. The Morgan fingerprint density at radius 1 is 1.19 bits per heavy atom. The summed E-state index contributed by atoms with van der Waals surface area (Å²) in [6.45, 7) is 0.940. The number of aryl methyl sites for hydroxylation is 1. The van der Waals surface area contributed by atoms with Crippen LogP contribution >= 0.6 is 12.4 Å². The van der Waals surface area contributed by atoms with Crippen molar-refractivity contribution in [2.45, 2.75) is 44.7 Å². The zero-order valence-electron chi connectivity index (χ0n) is 15.5. The SMILES string of the molecule is CNC(=O)c1ccc(Oc2ccc3c(c2)CCC(C2CCC2)NC3)nc1.Cl. The summed E-state index contributed by atoms with van der Waals surface area (Å²) in [5.41, 5.74) is 3.25. The predicted octanol–water partition coefficient (Wildman–Crippen LogP) is 3.86. The van der Waals surface area contributed by atoms with E-state index in [9.17, 15) is 4.79 Å². The van der Waals surface area contributed by atoms with Crippen molar-refractivity contribution in [3.05, 3.63) is 53.2 Å². The molecule has 0 radical (unpaired) electrons. The number of carbonyl (C=O) groups is 1. The van der Waals surface area contributed by atoms with E-state index in [4.69, 9.17) is 4.74 Å². The topological polar surface area (TPSA) is 63.2 Å². The third kappa shape index (κ3) is 4.42. The summed E-state index contributed by atoms with van der Waals surface area (Å²) in [5.74, 6) is 2.01. The number of carbonyl (C=O) groups excluding carboxylic acids is 1. The Morgan fingerprint density at radius 2 is 2.04 bits per heavy atom. The number of aromatic nitrogens is 1. The van der Waals surface area contributed by atoms with Crippen LogP contribution in [0.15, 0.2) is 36.5 Å². The number of nitrogens with zero attached hydrogens (tertiary/aromatic N) is 1. The van der Waals surface area contributed by atoms with Gasteiger partial charge in [0.05, 0.1) is 5.56 Å². The zero-order chi connectivity index (χ0) is 17.9. The highest BCUT2D eigenvalue weighted by Gasteiger charge is 2.28. The maximum absolute atomic E-state index is 11.6. The van der Waals surface area contributed by atoms with E-state index >= 15 is 0 Å². The number of halogens is 1. The molecule has 1 atom stereocenters. The minimum Gasteiger partial charge on any atom is -0.439 e. The van der Waals surface area contributed by atoms with Crippen molar-refractivity contribution in [1.82, 2.24) is 15.6 Å². The minimum absolute atomic E-state index is 0. The Hall–Kier alpha value is -2.11. The molecule has 2 aliphatic rings. The molecule has 4 rings (SSSR count). The van der Waals surface area contributed by atoms with Crippen LogP contribution in [0.3, 0.4) is 0 Å². The van der Waals surface area contributed by atoms with Gasteiger partial charge in [-0.3, -0.25) is 4.79 Å². The van der Waals surface area contributed by atoms with Crippen molar-refractivity contribution in [2.75, 3.05) is 7.05 Å². The molecule has 144 valence electrons. The van der Waals surface area contributed by atoms with Gasteiger partial charge in [0, 0.05) is 31.9 Å². The van der Waals surface area contributed by atoms with Gasteiger partial charge in [-0.1, -0.05) is 12.5 Å². The fraction of sp³-hybridized carbons (Fsp3) is 0.429. The number of fused-ring (bicyclic) bond motifs is 1. The van der Waals surface area contributed by atoms with Gasteiger partial charge in [-0.05, 0) is 60.9 Å². The average Bonchev–Trinajstić information content (AvgIpc) is 2.83. The summed E-state index contributed by atoms with van der Waals surface area (Å²) in [5, 5.41) is 6.32. The summed E-state index contributed by atoms with van der Waals surface area (Å²) in [7, 11) is 1.60. The van der Waals surface area contributed by atoms with E-state index in [-0.39, 0.29) is 18.3 Å². The number of ether oxygens (including phenoxy) is 1. The summed E-state index contributed by atoms with van der Waals surface area (Å²) < 4.78 is 5.90. The number of pyridine rings is 1. The van der Waals surface area contributed by atoms with Gasteiger partial charge in [-0.2, -0.15) is 0 Å². The van der Waals surface area contributed by atoms with Gasteiger partial charge in [-0.15, -0.1) is 12.4 Å². The first kappa shape index (κ1) is 19.6. The first-order chi connectivity index (χ1) is 12.7. The molecule has 1 amide bonds. The van der Waals surface area contributed by atoms with Crippen LogP contribution in [0.1, 0.15) is 47.2 Å². The highest BCUT2D eigenvalue weighted by atomic mass is 35.5. The highest BCUT2D eigenvalue weighted by molar-refractivity contribution is 5.93. The first-order valence-corrected chi connectivity index (χ1v) is 9.44. The van der Waals surface area contributed by atoms with E-state index in [0.29, 0.717) is 17.5 Å². The van der Waals surface area contributed by atoms with Crippen molar-refractivity contribution >= 4 is 18.3 Å². The summed E-state index contributed by atoms with van der Waals surface area (Å²) >= 11 is 0. The molecular formula is C21H26ClN3O2. The van der Waals surface area contributed by atoms with E-state index in [0.717, 1.165) is 24.6 Å². The van der Waals surface area contributed by atoms with Crippen molar-refractivity contribution in [3.8, 4) is 11.6 Å². The van der Waals surface area contributed by atoms with Crippen molar-refractivity contribution < 1.29 is 9.53 Å². The van der Waals surface area contributed by atoms with Gasteiger partial charge in [0.15, 0.2) is 0 Å². The van der Waals surface area contributed by atoms with Crippen molar-refractivity contribution in [1.29, 1.82) is 0 Å². The van der Waals surface area contributed by atoms with Crippen LogP contribution in [0.4, 0.5) is 0 Å². The summed E-state index contributed by atoms with van der Waals surface area (Å²) in [6, 6.07) is 10.4. The molecule has 0 bridgehead atoms. The normalized spacial score (nSPS) is 19.1. The van der Waals surface area contributed by atoms with E-state index in [1.807, 2.05) is 6.07 Å². The summed E-state index contributed by atoms with van der Waals surface area (Å²) in [6.07, 6.45) is 7.95. The molecule has 2 aromatic rings. The third-order valence-electron chi connectivity index (χ3n) is 5.62. The maximum atomic E-state index is 11.6. The molecule has 2 heterocycles. The minimum atomic E-state index is -0.150. The van der Waals surface area contributed by atoms with Crippen molar-refractivity contribution in [3.63, 3.8) is 0 Å². The second-order valence-electron chi connectivity index (χ2n) is 7.21. The van der Waals surface area contributed by atoms with Crippen molar-refractivity contribution in [2.24, 2.45) is 5.92 Å². The lowest BCUT2D eigenvalue weighted by Crippen LogP contribution is -2.38. The molecule has 1 aliphatic heterocycles. The zero-order valence-corrected chi connectivity index (χ0v) is 16.3. The number of nitrogens with one attached hydrogen (secondary N) is 2. The van der Waals surface area contributed by atoms with Gasteiger partial charge in [0.2, 0.25) is 5.88 Å². The molecule has 0 saturated heterocycles. The van der Waals surface area contributed by atoms with E-state index in [2.05, 4.69) is 27.8 Å². The van der Waals surface area contributed by atoms with Gasteiger partial charge in [0.25, 0.3) is 5.91 Å². The van der Waals surface area contributed by atoms with Gasteiger partial charge < -0.3 is 15.4 Å². The Balaban J connectivity index is 0.00000210.